The van der Waals surface area contributed by atoms with Gasteiger partial charge in [-0.25, -0.2) is 4.79 Å². The van der Waals surface area contributed by atoms with E-state index < -0.39 is 5.97 Å². The van der Waals surface area contributed by atoms with Crippen LogP contribution in [0.25, 0.3) is 5.57 Å². The van der Waals surface area contributed by atoms with E-state index in [9.17, 15) is 9.59 Å². The highest BCUT2D eigenvalue weighted by Crippen LogP contribution is 2.32. The van der Waals surface area contributed by atoms with Gasteiger partial charge in [-0.15, -0.1) is 0 Å². The van der Waals surface area contributed by atoms with Gasteiger partial charge in [-0.2, -0.15) is 0 Å². The number of esters is 1. The second kappa shape index (κ2) is 6.37. The molecule has 0 bridgehead atoms. The van der Waals surface area contributed by atoms with Crippen LogP contribution in [0, 0.1) is 0 Å². The molecule has 0 heterocycles. The van der Waals surface area contributed by atoms with Gasteiger partial charge in [0.25, 0.3) is 0 Å². The fourth-order valence-electron chi connectivity index (χ4n) is 2.37. The monoisotopic (exact) mass is 274 g/mol. The summed E-state index contributed by atoms with van der Waals surface area (Å²) < 4.78 is 10.1. The SMILES string of the molecule is CCOC(=O)C1=C(c2ccc(OC)cc2)CCCC1=O. The van der Waals surface area contributed by atoms with E-state index in [4.69, 9.17) is 9.47 Å². The summed E-state index contributed by atoms with van der Waals surface area (Å²) in [5.41, 5.74) is 1.87. The zero-order valence-electron chi connectivity index (χ0n) is 11.8. The van der Waals surface area contributed by atoms with Crippen LogP contribution in [0.15, 0.2) is 29.8 Å². The molecule has 0 aromatic heterocycles. The van der Waals surface area contributed by atoms with Gasteiger partial charge in [0.2, 0.25) is 0 Å². The van der Waals surface area contributed by atoms with Crippen molar-refractivity contribution in [2.75, 3.05) is 13.7 Å². The highest BCUT2D eigenvalue weighted by atomic mass is 16.5. The molecule has 1 aliphatic rings. The summed E-state index contributed by atoms with van der Waals surface area (Å²) in [6.45, 7) is 2.00. The van der Waals surface area contributed by atoms with Crippen LogP contribution in [0.5, 0.6) is 5.75 Å². The molecule has 2 rings (SSSR count). The van der Waals surface area contributed by atoms with Crippen LogP contribution >= 0.6 is 0 Å². The summed E-state index contributed by atoms with van der Waals surface area (Å²) in [6, 6.07) is 7.38. The molecule has 4 heteroatoms. The van der Waals surface area contributed by atoms with Gasteiger partial charge < -0.3 is 9.47 Å². The molecule has 4 nitrogen and oxygen atoms in total. The lowest BCUT2D eigenvalue weighted by Crippen LogP contribution is -2.21. The molecule has 20 heavy (non-hydrogen) atoms. The summed E-state index contributed by atoms with van der Waals surface area (Å²) >= 11 is 0. The van der Waals surface area contributed by atoms with E-state index in [1.165, 1.54) is 0 Å². The first-order valence-electron chi connectivity index (χ1n) is 6.75. The van der Waals surface area contributed by atoms with E-state index in [1.54, 1.807) is 14.0 Å². The number of hydrogen-bond acceptors (Lipinski definition) is 4. The second-order valence-corrected chi connectivity index (χ2v) is 4.58. The highest BCUT2D eigenvalue weighted by molar-refractivity contribution is 6.23. The van der Waals surface area contributed by atoms with Gasteiger partial charge >= 0.3 is 5.97 Å². The number of rotatable bonds is 4. The Balaban J connectivity index is 2.43. The molecule has 0 spiro atoms. The molecule has 0 atom stereocenters. The quantitative estimate of drug-likeness (QED) is 0.626. The van der Waals surface area contributed by atoms with Gasteiger partial charge in [0.15, 0.2) is 5.78 Å². The van der Waals surface area contributed by atoms with Gasteiger partial charge in [0.1, 0.15) is 11.3 Å². The summed E-state index contributed by atoms with van der Waals surface area (Å²) in [5.74, 6) is 0.109. The van der Waals surface area contributed by atoms with Crippen molar-refractivity contribution < 1.29 is 19.1 Å². The minimum Gasteiger partial charge on any atom is -0.497 e. The highest BCUT2D eigenvalue weighted by Gasteiger charge is 2.28. The average molecular weight is 274 g/mol. The summed E-state index contributed by atoms with van der Waals surface area (Å²) in [7, 11) is 1.60. The fourth-order valence-corrected chi connectivity index (χ4v) is 2.37. The number of methoxy groups -OCH3 is 1. The predicted molar refractivity (Wildman–Crippen MR) is 75.4 cm³/mol. The standard InChI is InChI=1S/C16H18O4/c1-3-20-16(18)15-13(5-4-6-14(15)17)11-7-9-12(19-2)10-8-11/h7-10H,3-6H2,1-2H3. The lowest BCUT2D eigenvalue weighted by Gasteiger charge is -2.18. The fraction of sp³-hybridized carbons (Fsp3) is 0.375. The van der Waals surface area contributed by atoms with Crippen LogP contribution in [-0.4, -0.2) is 25.5 Å². The van der Waals surface area contributed by atoms with E-state index in [2.05, 4.69) is 0 Å². The number of carbonyl (C=O) groups excluding carboxylic acids is 2. The lowest BCUT2D eigenvalue weighted by atomic mass is 9.86. The number of benzene rings is 1. The van der Waals surface area contributed by atoms with Crippen molar-refractivity contribution in [1.82, 2.24) is 0 Å². The van der Waals surface area contributed by atoms with Crippen molar-refractivity contribution in [3.63, 3.8) is 0 Å². The Bertz CT molecular complexity index is 540. The Kier molecular flexibility index (Phi) is 4.56. The lowest BCUT2D eigenvalue weighted by molar-refractivity contribution is -0.140. The van der Waals surface area contributed by atoms with E-state index in [0.717, 1.165) is 23.3 Å². The third-order valence-electron chi connectivity index (χ3n) is 3.33. The van der Waals surface area contributed by atoms with Crippen molar-refractivity contribution >= 4 is 17.3 Å². The Morgan fingerprint density at radius 1 is 1.20 bits per heavy atom. The molecule has 1 aromatic rings. The Labute approximate surface area is 118 Å². The maximum Gasteiger partial charge on any atom is 0.342 e. The van der Waals surface area contributed by atoms with Crippen molar-refractivity contribution in [3.8, 4) is 5.75 Å². The van der Waals surface area contributed by atoms with Crippen molar-refractivity contribution in [2.24, 2.45) is 0 Å². The maximum absolute atomic E-state index is 12.0. The molecule has 0 saturated heterocycles. The number of hydrogen-bond donors (Lipinski definition) is 0. The summed E-state index contributed by atoms with van der Waals surface area (Å²) in [5, 5.41) is 0. The molecule has 1 aromatic carbocycles. The smallest absolute Gasteiger partial charge is 0.342 e. The molecule has 0 unspecified atom stereocenters. The first-order valence-corrected chi connectivity index (χ1v) is 6.75. The number of ketones is 1. The second-order valence-electron chi connectivity index (χ2n) is 4.58. The summed E-state index contributed by atoms with van der Waals surface area (Å²) in [4.78, 5) is 24.0. The summed E-state index contributed by atoms with van der Waals surface area (Å²) in [6.07, 6.45) is 1.89. The topological polar surface area (TPSA) is 52.6 Å². The molecule has 0 N–H and O–H groups in total. The van der Waals surface area contributed by atoms with Crippen LogP contribution in [0.1, 0.15) is 31.7 Å². The van der Waals surface area contributed by atoms with Gasteiger partial charge in [0.05, 0.1) is 13.7 Å². The first kappa shape index (κ1) is 14.3. The third kappa shape index (κ3) is 2.90. The van der Waals surface area contributed by atoms with E-state index >= 15 is 0 Å². The van der Waals surface area contributed by atoms with E-state index in [-0.39, 0.29) is 18.0 Å². The van der Waals surface area contributed by atoms with Crippen molar-refractivity contribution in [3.05, 3.63) is 35.4 Å². The molecule has 106 valence electrons. The third-order valence-corrected chi connectivity index (χ3v) is 3.33. The normalized spacial score (nSPS) is 15.2. The Hall–Kier alpha value is -2.10. The average Bonchev–Trinajstić information content (AvgIpc) is 2.47. The Morgan fingerprint density at radius 3 is 2.50 bits per heavy atom. The van der Waals surface area contributed by atoms with Crippen molar-refractivity contribution in [2.45, 2.75) is 26.2 Å². The van der Waals surface area contributed by atoms with Gasteiger partial charge in [-0.05, 0) is 43.0 Å². The molecule has 0 radical (unpaired) electrons. The van der Waals surface area contributed by atoms with Gasteiger partial charge in [-0.1, -0.05) is 12.1 Å². The number of Topliss-reactive ketones (excluding diaryl/α,β-unsaturated/α-hetero) is 1. The zero-order valence-corrected chi connectivity index (χ0v) is 11.8. The van der Waals surface area contributed by atoms with Crippen LogP contribution in [0.4, 0.5) is 0 Å². The minimum atomic E-state index is -0.511. The molecule has 0 aliphatic heterocycles. The number of ether oxygens (including phenoxy) is 2. The molecular weight excluding hydrogens is 256 g/mol. The molecular formula is C16H18O4. The van der Waals surface area contributed by atoms with Crippen LogP contribution in [-0.2, 0) is 14.3 Å². The minimum absolute atomic E-state index is 0.125. The van der Waals surface area contributed by atoms with Gasteiger partial charge in [-0.3, -0.25) is 4.79 Å². The molecule has 0 amide bonds. The Morgan fingerprint density at radius 2 is 1.90 bits per heavy atom. The van der Waals surface area contributed by atoms with E-state index in [0.29, 0.717) is 12.8 Å². The van der Waals surface area contributed by atoms with Gasteiger partial charge in [0, 0.05) is 6.42 Å². The molecule has 0 fully saturated rings. The zero-order chi connectivity index (χ0) is 14.5. The van der Waals surface area contributed by atoms with E-state index in [1.807, 2.05) is 24.3 Å². The predicted octanol–water partition coefficient (Wildman–Crippen LogP) is 2.76. The van der Waals surface area contributed by atoms with Crippen molar-refractivity contribution in [1.29, 1.82) is 0 Å². The molecule has 0 saturated carbocycles. The molecule has 1 aliphatic carbocycles. The van der Waals surface area contributed by atoms with Crippen LogP contribution < -0.4 is 4.74 Å². The van der Waals surface area contributed by atoms with Crippen LogP contribution in [0.2, 0.25) is 0 Å². The van der Waals surface area contributed by atoms with Crippen LogP contribution in [0.3, 0.4) is 0 Å². The number of allylic oxidation sites excluding steroid dienone is 1. The first-order chi connectivity index (χ1) is 9.67. The number of carbonyl (C=O) groups is 2. The largest absolute Gasteiger partial charge is 0.497 e. The maximum atomic E-state index is 12.0.